The second-order valence-electron chi connectivity index (χ2n) is 3.17. The van der Waals surface area contributed by atoms with Crippen molar-refractivity contribution >= 4 is 23.4 Å². The fourth-order valence-corrected chi connectivity index (χ4v) is 1.58. The van der Waals surface area contributed by atoms with Crippen molar-refractivity contribution in [2.45, 2.75) is 5.51 Å². The largest absolute Gasteiger partial charge is 0.441 e. The van der Waals surface area contributed by atoms with Gasteiger partial charge < -0.3 is 11.1 Å². The fourth-order valence-electron chi connectivity index (χ4n) is 1.14. The normalized spacial score (nSPS) is 11.2. The van der Waals surface area contributed by atoms with E-state index in [4.69, 9.17) is 5.73 Å². The highest BCUT2D eigenvalue weighted by atomic mass is 32.2. The van der Waals surface area contributed by atoms with Crippen molar-refractivity contribution in [1.29, 1.82) is 0 Å². The minimum Gasteiger partial charge on any atom is -0.384 e. The Labute approximate surface area is 101 Å². The molecule has 0 aliphatic heterocycles. The summed E-state index contributed by atoms with van der Waals surface area (Å²) in [5.41, 5.74) is 1.75. The number of amides is 1. The molecule has 0 aliphatic rings. The van der Waals surface area contributed by atoms with Gasteiger partial charge in [0.15, 0.2) is 0 Å². The first kappa shape index (κ1) is 13.7. The van der Waals surface area contributed by atoms with Gasteiger partial charge in [-0.2, -0.15) is 13.2 Å². The van der Waals surface area contributed by atoms with Gasteiger partial charge in [-0.15, -0.1) is 0 Å². The number of primary amides is 1. The molecule has 1 amide bonds. The molecule has 3 N–H and O–H groups in total. The Kier molecular flexibility index (Phi) is 4.68. The van der Waals surface area contributed by atoms with E-state index in [9.17, 15) is 18.0 Å². The summed E-state index contributed by atoms with van der Waals surface area (Å²) in [5.74, 6) is -0.664. The molecule has 0 heterocycles. The van der Waals surface area contributed by atoms with Gasteiger partial charge in [-0.1, -0.05) is 6.07 Å². The summed E-state index contributed by atoms with van der Waals surface area (Å²) < 4.78 is 35.5. The highest BCUT2D eigenvalue weighted by Gasteiger charge is 2.27. The molecule has 0 bridgehead atoms. The predicted molar refractivity (Wildman–Crippen MR) is 62.0 cm³/mol. The summed E-state index contributed by atoms with van der Waals surface area (Å²) in [6, 6.07) is 6.31. The average molecular weight is 264 g/mol. The minimum absolute atomic E-state index is 0.0908. The van der Waals surface area contributed by atoms with Crippen LogP contribution in [0.4, 0.5) is 18.9 Å². The van der Waals surface area contributed by atoms with Gasteiger partial charge in [0.05, 0.1) is 0 Å². The van der Waals surface area contributed by atoms with Crippen molar-refractivity contribution in [2.75, 3.05) is 17.6 Å². The lowest BCUT2D eigenvalue weighted by atomic mass is 10.2. The Bertz CT molecular complexity index is 395. The molecular formula is C10H11F3N2OS. The highest BCUT2D eigenvalue weighted by Crippen LogP contribution is 2.29. The number of carbonyl (C=O) groups excluding carboxylic acids is 1. The molecule has 0 aromatic heterocycles. The smallest absolute Gasteiger partial charge is 0.384 e. The molecule has 0 saturated carbocycles. The number of thioether (sulfide) groups is 1. The van der Waals surface area contributed by atoms with Crippen LogP contribution in [0.1, 0.15) is 10.4 Å². The third-order valence-electron chi connectivity index (χ3n) is 1.84. The molecule has 1 rings (SSSR count). The minimum atomic E-state index is -4.21. The number of hydrogen-bond acceptors (Lipinski definition) is 3. The number of anilines is 1. The number of hydrogen-bond donors (Lipinski definition) is 2. The Morgan fingerprint density at radius 1 is 1.41 bits per heavy atom. The Morgan fingerprint density at radius 3 is 2.71 bits per heavy atom. The lowest BCUT2D eigenvalue weighted by Gasteiger charge is -2.08. The summed E-state index contributed by atoms with van der Waals surface area (Å²) in [6.45, 7) is 0.159. The molecule has 3 nitrogen and oxygen atoms in total. The van der Waals surface area contributed by atoms with E-state index in [2.05, 4.69) is 5.32 Å². The summed E-state index contributed by atoms with van der Waals surface area (Å²) in [5, 5.41) is 2.78. The van der Waals surface area contributed by atoms with Crippen LogP contribution < -0.4 is 11.1 Å². The molecule has 17 heavy (non-hydrogen) atoms. The van der Waals surface area contributed by atoms with Crippen LogP contribution in [-0.2, 0) is 0 Å². The molecule has 1 aromatic carbocycles. The van der Waals surface area contributed by atoms with Crippen LogP contribution in [0.3, 0.4) is 0 Å². The van der Waals surface area contributed by atoms with Crippen LogP contribution in [0, 0.1) is 0 Å². The van der Waals surface area contributed by atoms with Crippen LogP contribution in [-0.4, -0.2) is 23.7 Å². The van der Waals surface area contributed by atoms with Gasteiger partial charge in [0, 0.05) is 23.5 Å². The number of carbonyl (C=O) groups is 1. The van der Waals surface area contributed by atoms with Crippen LogP contribution in [0.25, 0.3) is 0 Å². The zero-order valence-electron chi connectivity index (χ0n) is 8.75. The van der Waals surface area contributed by atoms with E-state index in [1.807, 2.05) is 0 Å². The molecule has 0 unspecified atom stereocenters. The van der Waals surface area contributed by atoms with E-state index in [1.54, 1.807) is 12.1 Å². The topological polar surface area (TPSA) is 55.1 Å². The third kappa shape index (κ3) is 5.48. The van der Waals surface area contributed by atoms with Crippen LogP contribution in [0.5, 0.6) is 0 Å². The maximum Gasteiger partial charge on any atom is 0.441 e. The van der Waals surface area contributed by atoms with Gasteiger partial charge in [0.2, 0.25) is 5.91 Å². The van der Waals surface area contributed by atoms with E-state index < -0.39 is 11.4 Å². The van der Waals surface area contributed by atoms with Gasteiger partial charge in [-0.05, 0) is 30.0 Å². The number of nitrogens with one attached hydrogen (secondary N) is 1. The molecule has 0 aliphatic carbocycles. The highest BCUT2D eigenvalue weighted by molar-refractivity contribution is 8.00. The average Bonchev–Trinajstić information content (AvgIpc) is 2.23. The molecule has 94 valence electrons. The zero-order chi connectivity index (χ0) is 12.9. The Hall–Kier alpha value is -1.37. The van der Waals surface area contributed by atoms with E-state index >= 15 is 0 Å². The lowest BCUT2D eigenvalue weighted by Crippen LogP contribution is -2.12. The van der Waals surface area contributed by atoms with E-state index in [0.29, 0.717) is 11.3 Å². The number of halogens is 3. The molecule has 0 fully saturated rings. The molecular weight excluding hydrogens is 253 g/mol. The second kappa shape index (κ2) is 5.81. The van der Waals surface area contributed by atoms with Crippen molar-refractivity contribution in [1.82, 2.24) is 0 Å². The van der Waals surface area contributed by atoms with Crippen molar-refractivity contribution in [3.63, 3.8) is 0 Å². The van der Waals surface area contributed by atoms with Crippen molar-refractivity contribution in [2.24, 2.45) is 5.73 Å². The zero-order valence-corrected chi connectivity index (χ0v) is 9.57. The van der Waals surface area contributed by atoms with Crippen LogP contribution in [0.2, 0.25) is 0 Å². The SMILES string of the molecule is NC(=O)c1cccc(NCCSC(F)(F)F)c1. The maximum absolute atomic E-state index is 11.8. The van der Waals surface area contributed by atoms with E-state index in [-0.39, 0.29) is 24.1 Å². The van der Waals surface area contributed by atoms with E-state index in [0.717, 1.165) is 0 Å². The molecule has 0 atom stereocenters. The summed E-state index contributed by atoms with van der Waals surface area (Å²) in [6.07, 6.45) is 0. The van der Waals surface area contributed by atoms with Crippen molar-refractivity contribution in [3.05, 3.63) is 29.8 Å². The van der Waals surface area contributed by atoms with Gasteiger partial charge in [0.25, 0.3) is 0 Å². The van der Waals surface area contributed by atoms with Gasteiger partial charge in [-0.25, -0.2) is 0 Å². The van der Waals surface area contributed by atoms with Gasteiger partial charge in [-0.3, -0.25) is 4.79 Å². The van der Waals surface area contributed by atoms with Gasteiger partial charge in [0.1, 0.15) is 0 Å². The third-order valence-corrected chi connectivity index (χ3v) is 2.58. The molecule has 0 spiro atoms. The molecule has 0 radical (unpaired) electrons. The van der Waals surface area contributed by atoms with Gasteiger partial charge >= 0.3 is 5.51 Å². The quantitative estimate of drug-likeness (QED) is 0.803. The fraction of sp³-hybridized carbons (Fsp3) is 0.300. The van der Waals surface area contributed by atoms with Crippen LogP contribution >= 0.6 is 11.8 Å². The lowest BCUT2D eigenvalue weighted by molar-refractivity contribution is -0.0327. The number of rotatable bonds is 5. The number of benzene rings is 1. The second-order valence-corrected chi connectivity index (χ2v) is 4.33. The summed E-state index contributed by atoms with van der Waals surface area (Å²) in [7, 11) is 0. The first-order chi connectivity index (χ1) is 7.88. The van der Waals surface area contributed by atoms with Crippen molar-refractivity contribution in [3.8, 4) is 0 Å². The maximum atomic E-state index is 11.8. The first-order valence-electron chi connectivity index (χ1n) is 4.73. The summed E-state index contributed by atoms with van der Waals surface area (Å²) in [4.78, 5) is 10.9. The first-order valence-corrected chi connectivity index (χ1v) is 5.71. The predicted octanol–water partition coefficient (Wildman–Crippen LogP) is 2.45. The Balaban J connectivity index is 2.42. The number of alkyl halides is 3. The van der Waals surface area contributed by atoms with Crippen LogP contribution in [0.15, 0.2) is 24.3 Å². The Morgan fingerprint density at radius 2 is 2.12 bits per heavy atom. The molecule has 0 saturated heterocycles. The number of nitrogens with two attached hydrogens (primary N) is 1. The summed E-state index contributed by atoms with van der Waals surface area (Å²) >= 11 is -0.0908. The van der Waals surface area contributed by atoms with E-state index in [1.165, 1.54) is 12.1 Å². The molecule has 1 aromatic rings. The molecule has 7 heteroatoms. The standard InChI is InChI=1S/C10H11F3N2OS/c11-10(12,13)17-5-4-15-8-3-1-2-7(6-8)9(14)16/h1-3,6,15H,4-5H2,(H2,14,16). The van der Waals surface area contributed by atoms with Crippen molar-refractivity contribution < 1.29 is 18.0 Å². The monoisotopic (exact) mass is 264 g/mol.